The summed E-state index contributed by atoms with van der Waals surface area (Å²) in [7, 11) is 1.58. The molecule has 0 unspecified atom stereocenters. The highest BCUT2D eigenvalue weighted by atomic mass is 16.5. The van der Waals surface area contributed by atoms with Gasteiger partial charge in [0.1, 0.15) is 29.1 Å². The molecular weight excluding hydrogens is 570 g/mol. The molecule has 11 nitrogen and oxygen atoms in total. The highest BCUT2D eigenvalue weighted by molar-refractivity contribution is 5.97. The summed E-state index contributed by atoms with van der Waals surface area (Å²) in [5.74, 6) is 1.29. The summed E-state index contributed by atoms with van der Waals surface area (Å²) in [6.45, 7) is 3.39. The summed E-state index contributed by atoms with van der Waals surface area (Å²) in [4.78, 5) is 54.2. The number of piperidine rings is 1. The second-order valence-electron chi connectivity index (χ2n) is 11.7. The van der Waals surface area contributed by atoms with Crippen LogP contribution in [-0.2, 0) is 22.6 Å². The Hall–Kier alpha value is -4.80. The topological polar surface area (TPSA) is 123 Å². The zero-order valence-corrected chi connectivity index (χ0v) is 25.8. The molecule has 4 aromatic rings. The third-order valence-corrected chi connectivity index (χ3v) is 8.65. The number of hydrogen-bond donors (Lipinski definition) is 1. The Balaban J connectivity index is 1.36. The predicted octanol–water partition coefficient (Wildman–Crippen LogP) is 3.86. The Labute approximate surface area is 262 Å². The molecule has 11 heteroatoms. The summed E-state index contributed by atoms with van der Waals surface area (Å²) >= 11 is 0. The maximum Gasteiger partial charge on any atom is 0.272 e. The third-order valence-electron chi connectivity index (χ3n) is 8.65. The molecule has 3 amide bonds. The van der Waals surface area contributed by atoms with Gasteiger partial charge in [-0.2, -0.15) is 5.10 Å². The van der Waals surface area contributed by atoms with Crippen LogP contribution in [0.1, 0.15) is 65.8 Å². The van der Waals surface area contributed by atoms with Crippen molar-refractivity contribution in [3.8, 4) is 5.75 Å². The molecule has 0 aliphatic carbocycles. The number of hydrogen-bond acceptors (Lipinski definition) is 7. The van der Waals surface area contributed by atoms with Gasteiger partial charge < -0.3 is 19.9 Å². The van der Waals surface area contributed by atoms with Crippen molar-refractivity contribution in [3.63, 3.8) is 0 Å². The van der Waals surface area contributed by atoms with E-state index in [2.05, 4.69) is 15.4 Å². The molecule has 2 aliphatic rings. The Morgan fingerprint density at radius 2 is 1.76 bits per heavy atom. The van der Waals surface area contributed by atoms with E-state index in [1.807, 2.05) is 61.5 Å². The highest BCUT2D eigenvalue weighted by Crippen LogP contribution is 2.27. The Kier molecular flexibility index (Phi) is 9.04. The van der Waals surface area contributed by atoms with Crippen LogP contribution in [-0.4, -0.2) is 80.1 Å². The first-order valence-corrected chi connectivity index (χ1v) is 15.7. The quantitative estimate of drug-likeness (QED) is 0.373. The zero-order chi connectivity index (χ0) is 31.3. The molecule has 45 heavy (non-hydrogen) atoms. The van der Waals surface area contributed by atoms with E-state index in [-0.39, 0.29) is 29.8 Å². The Morgan fingerprint density at radius 1 is 0.956 bits per heavy atom. The number of methoxy groups -OCH3 is 1. The van der Waals surface area contributed by atoms with Gasteiger partial charge in [-0.25, -0.2) is 14.6 Å². The molecule has 1 N–H and O–H groups in total. The smallest absolute Gasteiger partial charge is 0.272 e. The van der Waals surface area contributed by atoms with Crippen molar-refractivity contribution >= 4 is 28.6 Å². The lowest BCUT2D eigenvalue weighted by Crippen LogP contribution is -2.53. The van der Waals surface area contributed by atoms with Gasteiger partial charge in [0.2, 0.25) is 11.8 Å². The molecule has 1 saturated heterocycles. The first kappa shape index (κ1) is 30.2. The maximum atomic E-state index is 14.0. The molecule has 0 saturated carbocycles. The average molecular weight is 610 g/mol. The van der Waals surface area contributed by atoms with Crippen LogP contribution >= 0.6 is 0 Å². The molecule has 0 bridgehead atoms. The van der Waals surface area contributed by atoms with E-state index >= 15 is 0 Å². The number of aryl methyl sites for hydroxylation is 1. The van der Waals surface area contributed by atoms with Gasteiger partial charge in [0.15, 0.2) is 0 Å². The molecule has 2 atom stereocenters. The molecule has 2 aromatic heterocycles. The largest absolute Gasteiger partial charge is 0.496 e. The Bertz CT molecular complexity index is 1690. The van der Waals surface area contributed by atoms with Gasteiger partial charge in [0.25, 0.3) is 5.91 Å². The number of aromatic nitrogens is 4. The number of fused-ring (bicyclic) bond motifs is 3. The van der Waals surface area contributed by atoms with Crippen molar-refractivity contribution in [2.45, 2.75) is 64.1 Å². The van der Waals surface area contributed by atoms with E-state index in [1.54, 1.807) is 27.7 Å². The number of pyridine rings is 1. The van der Waals surface area contributed by atoms with Crippen LogP contribution in [0.4, 0.5) is 0 Å². The first-order chi connectivity index (χ1) is 21.9. The minimum absolute atomic E-state index is 0.0663. The summed E-state index contributed by atoms with van der Waals surface area (Å²) in [6, 6.07) is 18.2. The lowest BCUT2D eigenvalue weighted by Gasteiger charge is -2.36. The van der Waals surface area contributed by atoms with E-state index in [0.29, 0.717) is 68.4 Å². The number of rotatable bonds is 4. The van der Waals surface area contributed by atoms with Crippen LogP contribution in [0.3, 0.4) is 0 Å². The summed E-state index contributed by atoms with van der Waals surface area (Å²) in [5, 5.41) is 8.75. The van der Waals surface area contributed by atoms with Crippen LogP contribution in [0.2, 0.25) is 0 Å². The second-order valence-corrected chi connectivity index (χ2v) is 11.7. The number of para-hydroxylation sites is 1. The van der Waals surface area contributed by atoms with E-state index in [0.717, 1.165) is 23.8 Å². The van der Waals surface area contributed by atoms with Crippen LogP contribution in [0, 0.1) is 6.92 Å². The van der Waals surface area contributed by atoms with Crippen molar-refractivity contribution in [3.05, 3.63) is 83.6 Å². The standard InChI is InChI=1S/C34H39N7O4/c1-23-35-32-27(21-24-11-4-3-5-12-24)37-33(43)29-15-8-9-18-40(29)31(42)16-10-17-39(19-20-41(32)38-23)34(44)28-22-30(45-2)25-13-6-7-14-26(25)36-28/h3-7,11-14,22,27,29H,8-10,15-21H2,1-2H3,(H,37,43)/t27-,29+/m1/s1. The summed E-state index contributed by atoms with van der Waals surface area (Å²) in [6.07, 6.45) is 3.56. The van der Waals surface area contributed by atoms with Gasteiger partial charge in [0, 0.05) is 37.5 Å². The molecule has 4 heterocycles. The number of carbonyl (C=O) groups is 3. The van der Waals surface area contributed by atoms with Crippen molar-refractivity contribution in [2.24, 2.45) is 0 Å². The molecule has 1 fully saturated rings. The Morgan fingerprint density at radius 3 is 2.58 bits per heavy atom. The fourth-order valence-corrected chi connectivity index (χ4v) is 6.40. The lowest BCUT2D eigenvalue weighted by atomic mass is 9.99. The van der Waals surface area contributed by atoms with Crippen molar-refractivity contribution in [1.29, 1.82) is 0 Å². The van der Waals surface area contributed by atoms with Crippen molar-refractivity contribution in [2.75, 3.05) is 26.7 Å². The summed E-state index contributed by atoms with van der Waals surface area (Å²) in [5.41, 5.74) is 1.99. The van der Waals surface area contributed by atoms with Gasteiger partial charge in [-0.05, 0) is 56.7 Å². The van der Waals surface area contributed by atoms with Crippen molar-refractivity contribution in [1.82, 2.24) is 34.9 Å². The molecule has 0 radical (unpaired) electrons. The fourth-order valence-electron chi connectivity index (χ4n) is 6.40. The van der Waals surface area contributed by atoms with E-state index < -0.39 is 12.1 Å². The first-order valence-electron chi connectivity index (χ1n) is 15.7. The van der Waals surface area contributed by atoms with Crippen LogP contribution < -0.4 is 10.1 Å². The SMILES string of the molecule is COc1cc(C(=O)N2CCCC(=O)N3CCCC[C@H]3C(=O)N[C@H](Cc3ccccc3)c3nc(C)nn3CC2)nc2ccccc12. The number of amides is 3. The van der Waals surface area contributed by atoms with Crippen molar-refractivity contribution < 1.29 is 19.1 Å². The second kappa shape index (κ2) is 13.5. The number of carbonyl (C=O) groups excluding carboxylic acids is 3. The third kappa shape index (κ3) is 6.67. The van der Waals surface area contributed by atoms with E-state index in [9.17, 15) is 14.4 Å². The van der Waals surface area contributed by atoms with Gasteiger partial charge in [-0.15, -0.1) is 0 Å². The number of benzene rings is 2. The van der Waals surface area contributed by atoms with Crippen LogP contribution in [0.5, 0.6) is 5.75 Å². The van der Waals surface area contributed by atoms with Gasteiger partial charge in [-0.3, -0.25) is 14.4 Å². The molecule has 234 valence electrons. The average Bonchev–Trinajstić information content (AvgIpc) is 3.45. The van der Waals surface area contributed by atoms with Gasteiger partial charge >= 0.3 is 0 Å². The van der Waals surface area contributed by atoms with Gasteiger partial charge in [0.05, 0.1) is 25.2 Å². The monoisotopic (exact) mass is 609 g/mol. The highest BCUT2D eigenvalue weighted by Gasteiger charge is 2.34. The molecule has 2 aromatic carbocycles. The van der Waals surface area contributed by atoms with E-state index in [1.165, 1.54) is 0 Å². The fraction of sp³-hybridized carbons (Fsp3) is 0.412. The summed E-state index contributed by atoms with van der Waals surface area (Å²) < 4.78 is 7.41. The van der Waals surface area contributed by atoms with Gasteiger partial charge in [-0.1, -0.05) is 42.5 Å². The number of ether oxygens (including phenoxy) is 1. The minimum Gasteiger partial charge on any atom is -0.496 e. The predicted molar refractivity (Wildman–Crippen MR) is 169 cm³/mol. The normalized spacial score (nSPS) is 19.8. The van der Waals surface area contributed by atoms with E-state index in [4.69, 9.17) is 9.72 Å². The molecular formula is C34H39N7O4. The van der Waals surface area contributed by atoms with Crippen LogP contribution in [0.25, 0.3) is 10.9 Å². The van der Waals surface area contributed by atoms with Crippen LogP contribution in [0.15, 0.2) is 60.7 Å². The lowest BCUT2D eigenvalue weighted by molar-refractivity contribution is -0.142. The minimum atomic E-state index is -0.545. The molecule has 0 spiro atoms. The molecule has 2 aliphatic heterocycles. The molecule has 6 rings (SSSR count). The number of nitrogens with one attached hydrogen (secondary N) is 1. The number of nitrogens with zero attached hydrogens (tertiary/aromatic N) is 6. The zero-order valence-electron chi connectivity index (χ0n) is 25.8. The maximum absolute atomic E-state index is 14.0.